The summed E-state index contributed by atoms with van der Waals surface area (Å²) in [5.41, 5.74) is 1.31. The summed E-state index contributed by atoms with van der Waals surface area (Å²) in [6.45, 7) is 2.53. The van der Waals surface area contributed by atoms with Crippen LogP contribution in [0.1, 0.15) is 12.0 Å². The van der Waals surface area contributed by atoms with Crippen LogP contribution in [-0.4, -0.2) is 24.4 Å². The molecule has 0 aliphatic heterocycles. The lowest BCUT2D eigenvalue weighted by Gasteiger charge is -2.07. The van der Waals surface area contributed by atoms with Gasteiger partial charge in [-0.25, -0.2) is 4.98 Å². The van der Waals surface area contributed by atoms with E-state index in [1.807, 2.05) is 18.2 Å². The van der Waals surface area contributed by atoms with Gasteiger partial charge < -0.3 is 10.1 Å². The third-order valence-electron chi connectivity index (χ3n) is 2.87. The zero-order valence-corrected chi connectivity index (χ0v) is 12.5. The number of benzene rings is 1. The summed E-state index contributed by atoms with van der Waals surface area (Å²) >= 11 is 1.77. The van der Waals surface area contributed by atoms with E-state index in [4.69, 9.17) is 4.74 Å². The average Bonchev–Trinajstić information content (AvgIpc) is 2.52. The van der Waals surface area contributed by atoms with Crippen LogP contribution in [0, 0.1) is 0 Å². The Balaban J connectivity index is 1.57. The molecular formula is C16H20N2OS. The number of hydrogen-bond donors (Lipinski definition) is 1. The molecule has 0 radical (unpaired) electrons. The van der Waals surface area contributed by atoms with Crippen LogP contribution in [0.3, 0.4) is 0 Å². The van der Waals surface area contributed by atoms with Gasteiger partial charge in [-0.1, -0.05) is 18.2 Å². The molecule has 1 heterocycles. The van der Waals surface area contributed by atoms with Gasteiger partial charge >= 0.3 is 0 Å². The average molecular weight is 288 g/mol. The van der Waals surface area contributed by atoms with Crippen molar-refractivity contribution in [3.63, 3.8) is 0 Å². The summed E-state index contributed by atoms with van der Waals surface area (Å²) in [6, 6.07) is 14.3. The van der Waals surface area contributed by atoms with Crippen molar-refractivity contribution in [2.75, 3.05) is 19.4 Å². The Morgan fingerprint density at radius 3 is 2.70 bits per heavy atom. The number of pyridine rings is 1. The molecule has 3 nitrogen and oxygen atoms in total. The molecule has 0 fully saturated rings. The molecule has 0 spiro atoms. The molecule has 4 heteroatoms. The van der Waals surface area contributed by atoms with Crippen molar-refractivity contribution < 1.29 is 4.74 Å². The third-order valence-corrected chi connectivity index (χ3v) is 3.62. The molecular weight excluding hydrogens is 268 g/mol. The Morgan fingerprint density at radius 1 is 1.15 bits per heavy atom. The van der Waals surface area contributed by atoms with Gasteiger partial charge in [0, 0.05) is 23.7 Å². The predicted octanol–water partition coefficient (Wildman–Crippen LogP) is 3.36. The highest BCUT2D eigenvalue weighted by Gasteiger charge is 1.95. The molecule has 0 aliphatic carbocycles. The monoisotopic (exact) mass is 288 g/mol. The normalized spacial score (nSPS) is 10.4. The first-order valence-corrected chi connectivity index (χ1v) is 7.98. The molecule has 0 bridgehead atoms. The lowest BCUT2D eigenvalue weighted by atomic mass is 10.2. The van der Waals surface area contributed by atoms with Crippen LogP contribution < -0.4 is 10.1 Å². The van der Waals surface area contributed by atoms with Crippen LogP contribution in [0.5, 0.6) is 5.88 Å². The van der Waals surface area contributed by atoms with E-state index in [2.05, 4.69) is 40.8 Å². The third kappa shape index (κ3) is 5.23. The van der Waals surface area contributed by atoms with Crippen LogP contribution in [0.4, 0.5) is 0 Å². The Labute approximate surface area is 124 Å². The first-order chi connectivity index (χ1) is 9.88. The number of nitrogens with one attached hydrogen (secondary N) is 1. The van der Waals surface area contributed by atoms with Crippen molar-refractivity contribution in [3.8, 4) is 5.88 Å². The second-order valence-corrected chi connectivity index (χ2v) is 5.27. The van der Waals surface area contributed by atoms with Crippen molar-refractivity contribution in [3.05, 3.63) is 54.2 Å². The number of ether oxygens (including phenoxy) is 1. The number of hydrogen-bond acceptors (Lipinski definition) is 4. The van der Waals surface area contributed by atoms with E-state index in [-0.39, 0.29) is 0 Å². The van der Waals surface area contributed by atoms with Crippen LogP contribution in [0.25, 0.3) is 0 Å². The van der Waals surface area contributed by atoms with Crippen LogP contribution in [0.2, 0.25) is 0 Å². The Kier molecular flexibility index (Phi) is 6.41. The SMILES string of the molecule is CSc1ccc(CNCCCOc2ccccn2)cc1. The molecule has 0 saturated heterocycles. The first-order valence-electron chi connectivity index (χ1n) is 6.76. The van der Waals surface area contributed by atoms with E-state index in [0.29, 0.717) is 12.5 Å². The fourth-order valence-electron chi connectivity index (χ4n) is 1.78. The van der Waals surface area contributed by atoms with Gasteiger partial charge in [0.25, 0.3) is 0 Å². The summed E-state index contributed by atoms with van der Waals surface area (Å²) in [6.07, 6.45) is 4.81. The highest BCUT2D eigenvalue weighted by Crippen LogP contribution is 2.14. The smallest absolute Gasteiger partial charge is 0.213 e. The van der Waals surface area contributed by atoms with Crippen LogP contribution in [0.15, 0.2) is 53.6 Å². The quantitative estimate of drug-likeness (QED) is 0.596. The topological polar surface area (TPSA) is 34.1 Å². The first kappa shape index (κ1) is 14.9. The van der Waals surface area contributed by atoms with Crippen molar-refractivity contribution in [1.82, 2.24) is 10.3 Å². The lowest BCUT2D eigenvalue weighted by Crippen LogP contribution is -2.17. The summed E-state index contributed by atoms with van der Waals surface area (Å²) < 4.78 is 5.53. The minimum atomic E-state index is 0.690. The van der Waals surface area contributed by atoms with Crippen molar-refractivity contribution in [2.24, 2.45) is 0 Å². The molecule has 1 aromatic carbocycles. The van der Waals surface area contributed by atoms with Gasteiger partial charge in [-0.15, -0.1) is 11.8 Å². The standard InChI is InChI=1S/C16H20N2OS/c1-20-15-8-6-14(7-9-15)13-17-10-4-12-19-16-5-2-3-11-18-16/h2-3,5-9,11,17H,4,10,12-13H2,1H3. The predicted molar refractivity (Wildman–Crippen MR) is 84.3 cm³/mol. The zero-order valence-electron chi connectivity index (χ0n) is 11.7. The summed E-state index contributed by atoms with van der Waals surface area (Å²) in [5.74, 6) is 0.695. The van der Waals surface area contributed by atoms with Gasteiger partial charge in [0.2, 0.25) is 5.88 Å². The highest BCUT2D eigenvalue weighted by molar-refractivity contribution is 7.98. The van der Waals surface area contributed by atoms with Crippen molar-refractivity contribution in [1.29, 1.82) is 0 Å². The van der Waals surface area contributed by atoms with Crippen LogP contribution in [-0.2, 0) is 6.54 Å². The molecule has 0 saturated carbocycles. The van der Waals surface area contributed by atoms with Gasteiger partial charge in [0.1, 0.15) is 0 Å². The number of thioether (sulfide) groups is 1. The minimum Gasteiger partial charge on any atom is -0.478 e. The zero-order chi connectivity index (χ0) is 14.0. The summed E-state index contributed by atoms with van der Waals surface area (Å²) in [5, 5.41) is 3.42. The maximum absolute atomic E-state index is 5.53. The molecule has 1 aromatic heterocycles. The minimum absolute atomic E-state index is 0.690. The van der Waals surface area contributed by atoms with Gasteiger partial charge in [0.05, 0.1) is 6.61 Å². The van der Waals surface area contributed by atoms with Gasteiger partial charge in [-0.2, -0.15) is 0 Å². The fraction of sp³-hybridized carbons (Fsp3) is 0.312. The van der Waals surface area contributed by atoms with E-state index in [9.17, 15) is 0 Å². The van der Waals surface area contributed by atoms with Crippen molar-refractivity contribution in [2.45, 2.75) is 17.9 Å². The van der Waals surface area contributed by atoms with Crippen molar-refractivity contribution >= 4 is 11.8 Å². The van der Waals surface area contributed by atoms with E-state index < -0.39 is 0 Å². The van der Waals surface area contributed by atoms with E-state index >= 15 is 0 Å². The summed E-state index contributed by atoms with van der Waals surface area (Å²) in [4.78, 5) is 5.42. The van der Waals surface area contributed by atoms with Gasteiger partial charge in [0.15, 0.2) is 0 Å². The second kappa shape index (κ2) is 8.61. The molecule has 106 valence electrons. The van der Waals surface area contributed by atoms with E-state index in [0.717, 1.165) is 19.5 Å². The maximum atomic E-state index is 5.53. The molecule has 1 N–H and O–H groups in total. The summed E-state index contributed by atoms with van der Waals surface area (Å²) in [7, 11) is 0. The number of nitrogens with zero attached hydrogens (tertiary/aromatic N) is 1. The molecule has 0 aliphatic rings. The number of rotatable bonds is 8. The molecule has 0 unspecified atom stereocenters. The molecule has 2 rings (SSSR count). The molecule has 0 atom stereocenters. The Hall–Kier alpha value is -1.52. The van der Waals surface area contributed by atoms with Gasteiger partial charge in [-0.3, -0.25) is 0 Å². The Morgan fingerprint density at radius 2 is 2.00 bits per heavy atom. The highest BCUT2D eigenvalue weighted by atomic mass is 32.2. The van der Waals surface area contributed by atoms with Gasteiger partial charge in [-0.05, 0) is 43.0 Å². The molecule has 2 aromatic rings. The van der Waals surface area contributed by atoms with E-state index in [1.165, 1.54) is 10.5 Å². The molecule has 0 amide bonds. The largest absolute Gasteiger partial charge is 0.478 e. The molecule has 20 heavy (non-hydrogen) atoms. The van der Waals surface area contributed by atoms with Crippen LogP contribution >= 0.6 is 11.8 Å². The number of aromatic nitrogens is 1. The van der Waals surface area contributed by atoms with E-state index in [1.54, 1.807) is 18.0 Å². The lowest BCUT2D eigenvalue weighted by molar-refractivity contribution is 0.296. The fourth-order valence-corrected chi connectivity index (χ4v) is 2.19. The maximum Gasteiger partial charge on any atom is 0.213 e. The second-order valence-electron chi connectivity index (χ2n) is 4.39. The Bertz CT molecular complexity index is 488.